The molecule has 0 aliphatic carbocycles. The van der Waals surface area contributed by atoms with E-state index in [1.54, 1.807) is 28.9 Å². The second kappa shape index (κ2) is 8.01. The molecule has 5 aromatic rings. The first-order valence-electron chi connectivity index (χ1n) is 10.2. The molecule has 0 N–H and O–H groups in total. The molecule has 0 unspecified atom stereocenters. The number of hydrogen-bond acceptors (Lipinski definition) is 5. The summed E-state index contributed by atoms with van der Waals surface area (Å²) in [5.74, 6) is -0.590. The summed E-state index contributed by atoms with van der Waals surface area (Å²) in [4.78, 5) is 25.2. The van der Waals surface area contributed by atoms with E-state index in [2.05, 4.69) is 20.1 Å². The lowest BCUT2D eigenvalue weighted by Crippen LogP contribution is -2.06. The molecule has 0 radical (unpaired) electrons. The molecule has 9 heteroatoms. The summed E-state index contributed by atoms with van der Waals surface area (Å²) in [6, 6.07) is 11.1. The maximum absolute atomic E-state index is 13.9. The van der Waals surface area contributed by atoms with Gasteiger partial charge in [-0.2, -0.15) is 5.10 Å². The molecule has 7 nitrogen and oxygen atoms in total. The number of fused-ring (bicyclic) bond motifs is 1. The zero-order chi connectivity index (χ0) is 23.1. The van der Waals surface area contributed by atoms with Gasteiger partial charge in [0.1, 0.15) is 17.3 Å². The molecule has 0 saturated heterocycles. The summed E-state index contributed by atoms with van der Waals surface area (Å²) in [7, 11) is 1.89. The highest BCUT2D eigenvalue weighted by Gasteiger charge is 2.19. The van der Waals surface area contributed by atoms with Crippen LogP contribution >= 0.6 is 0 Å². The molecule has 0 aliphatic rings. The number of imidazole rings is 2. The second-order valence-corrected chi connectivity index (χ2v) is 7.63. The van der Waals surface area contributed by atoms with Crippen molar-refractivity contribution in [3.8, 4) is 22.6 Å². The van der Waals surface area contributed by atoms with Crippen molar-refractivity contribution in [2.45, 2.75) is 13.3 Å². The third kappa shape index (κ3) is 3.78. The van der Waals surface area contributed by atoms with Crippen LogP contribution in [0.25, 0.3) is 28.3 Å². The van der Waals surface area contributed by atoms with Gasteiger partial charge < -0.3 is 4.57 Å². The average molecular weight is 444 g/mol. The van der Waals surface area contributed by atoms with Crippen LogP contribution in [0.4, 0.5) is 8.78 Å². The number of carbonyl (C=O) groups is 1. The first kappa shape index (κ1) is 20.6. The van der Waals surface area contributed by atoms with Gasteiger partial charge in [-0.1, -0.05) is 0 Å². The maximum Gasteiger partial charge on any atom is 0.171 e. The molecule has 4 heterocycles. The van der Waals surface area contributed by atoms with Gasteiger partial charge in [0.05, 0.1) is 41.5 Å². The van der Waals surface area contributed by atoms with Gasteiger partial charge in [0.25, 0.3) is 0 Å². The van der Waals surface area contributed by atoms with Crippen LogP contribution in [-0.2, 0) is 13.5 Å². The van der Waals surface area contributed by atoms with Gasteiger partial charge in [0.2, 0.25) is 0 Å². The number of Topliss-reactive ketones (excluding diaryl/α,β-unsaturated/α-hetero) is 1. The van der Waals surface area contributed by atoms with Crippen LogP contribution < -0.4 is 0 Å². The van der Waals surface area contributed by atoms with Crippen LogP contribution in [0.1, 0.15) is 21.9 Å². The molecule has 4 aromatic heterocycles. The van der Waals surface area contributed by atoms with Gasteiger partial charge in [0.15, 0.2) is 17.2 Å². The van der Waals surface area contributed by atoms with E-state index in [1.165, 1.54) is 24.4 Å². The quantitative estimate of drug-likeness (QED) is 0.380. The van der Waals surface area contributed by atoms with Gasteiger partial charge in [-0.05, 0) is 49.4 Å². The monoisotopic (exact) mass is 444 g/mol. The predicted molar refractivity (Wildman–Crippen MR) is 118 cm³/mol. The lowest BCUT2D eigenvalue weighted by molar-refractivity contribution is 0.0988. The molecule has 0 saturated carbocycles. The number of carbonyl (C=O) groups excluding carboxylic acids is 1. The molecule has 33 heavy (non-hydrogen) atoms. The second-order valence-electron chi connectivity index (χ2n) is 7.63. The van der Waals surface area contributed by atoms with Crippen molar-refractivity contribution < 1.29 is 13.6 Å². The van der Waals surface area contributed by atoms with Crippen molar-refractivity contribution >= 4 is 11.4 Å². The molecule has 0 aliphatic heterocycles. The van der Waals surface area contributed by atoms with E-state index < -0.39 is 5.82 Å². The van der Waals surface area contributed by atoms with Crippen molar-refractivity contribution in [2.24, 2.45) is 7.05 Å². The van der Waals surface area contributed by atoms with Gasteiger partial charge in [0, 0.05) is 18.8 Å². The van der Waals surface area contributed by atoms with E-state index >= 15 is 0 Å². The van der Waals surface area contributed by atoms with Crippen LogP contribution in [0.2, 0.25) is 0 Å². The fourth-order valence-corrected chi connectivity index (χ4v) is 3.72. The molecule has 5 rings (SSSR count). The summed E-state index contributed by atoms with van der Waals surface area (Å²) >= 11 is 0. The first-order valence-corrected chi connectivity index (χ1v) is 10.2. The van der Waals surface area contributed by atoms with E-state index in [9.17, 15) is 13.6 Å². The molecular weight excluding hydrogens is 426 g/mol. The average Bonchev–Trinajstić information content (AvgIpc) is 3.33. The highest BCUT2D eigenvalue weighted by atomic mass is 19.1. The summed E-state index contributed by atoms with van der Waals surface area (Å²) in [5, 5.41) is 4.67. The minimum absolute atomic E-state index is 0.0231. The number of hydrogen-bond donors (Lipinski definition) is 0. The largest absolute Gasteiger partial charge is 0.330 e. The molecular formula is C24H18F2N6O. The smallest absolute Gasteiger partial charge is 0.171 e. The Morgan fingerprint density at radius 1 is 1.03 bits per heavy atom. The Hall–Kier alpha value is -4.27. The fraction of sp³-hybridized carbons (Fsp3) is 0.125. The number of pyridine rings is 1. The number of ketones is 1. The zero-order valence-corrected chi connectivity index (χ0v) is 17.8. The first-order chi connectivity index (χ1) is 15.9. The SMILES string of the molecule is Cc1nc(-c2ccc(F)cc2)c(-c2ccc3nc(CC(=O)c4ccncc4F)cn3n2)n1C. The van der Waals surface area contributed by atoms with Gasteiger partial charge in [-0.15, -0.1) is 0 Å². The van der Waals surface area contributed by atoms with Crippen LogP contribution in [0.3, 0.4) is 0 Å². The molecule has 0 atom stereocenters. The van der Waals surface area contributed by atoms with Gasteiger partial charge >= 0.3 is 0 Å². The highest BCUT2D eigenvalue weighted by Crippen LogP contribution is 2.31. The predicted octanol–water partition coefficient (Wildman–Crippen LogP) is 4.20. The number of aromatic nitrogens is 6. The number of nitrogens with zero attached hydrogens (tertiary/aromatic N) is 6. The summed E-state index contributed by atoms with van der Waals surface area (Å²) in [6.45, 7) is 1.88. The summed E-state index contributed by atoms with van der Waals surface area (Å²) in [5.41, 5.74) is 3.87. The van der Waals surface area contributed by atoms with E-state index in [-0.39, 0.29) is 23.6 Å². The highest BCUT2D eigenvalue weighted by molar-refractivity contribution is 5.97. The minimum atomic E-state index is -0.661. The van der Waals surface area contributed by atoms with Crippen molar-refractivity contribution in [3.63, 3.8) is 0 Å². The maximum atomic E-state index is 13.9. The van der Waals surface area contributed by atoms with Gasteiger partial charge in [-0.25, -0.2) is 23.3 Å². The van der Waals surface area contributed by atoms with E-state index in [1.807, 2.05) is 24.6 Å². The van der Waals surface area contributed by atoms with Crippen LogP contribution in [0, 0.1) is 18.6 Å². The van der Waals surface area contributed by atoms with E-state index in [4.69, 9.17) is 0 Å². The van der Waals surface area contributed by atoms with Crippen LogP contribution in [0.5, 0.6) is 0 Å². The van der Waals surface area contributed by atoms with E-state index in [0.29, 0.717) is 22.7 Å². The minimum Gasteiger partial charge on any atom is -0.330 e. The molecule has 1 aromatic carbocycles. The molecule has 0 spiro atoms. The molecule has 164 valence electrons. The lowest BCUT2D eigenvalue weighted by atomic mass is 10.1. The summed E-state index contributed by atoms with van der Waals surface area (Å²) < 4.78 is 30.8. The zero-order valence-electron chi connectivity index (χ0n) is 17.8. The summed E-state index contributed by atoms with van der Waals surface area (Å²) in [6.07, 6.45) is 3.98. The Balaban J connectivity index is 1.52. The van der Waals surface area contributed by atoms with Gasteiger partial charge in [-0.3, -0.25) is 9.78 Å². The van der Waals surface area contributed by atoms with Crippen LogP contribution in [-0.4, -0.2) is 34.9 Å². The van der Waals surface area contributed by atoms with Crippen molar-refractivity contribution in [3.05, 3.63) is 89.8 Å². The molecule has 0 amide bonds. The van der Waals surface area contributed by atoms with Crippen molar-refractivity contribution in [1.82, 2.24) is 29.1 Å². The third-order valence-electron chi connectivity index (χ3n) is 5.46. The Labute approximate surface area is 187 Å². The molecule has 0 fully saturated rings. The Kier molecular flexibility index (Phi) is 5.01. The third-order valence-corrected chi connectivity index (χ3v) is 5.46. The number of benzene rings is 1. The molecule has 0 bridgehead atoms. The normalized spacial score (nSPS) is 11.3. The standard InChI is InChI=1S/C24H18F2N6O/c1-14-28-23(15-3-5-16(25)6-4-15)24(31(14)2)20-7-8-22-29-17(13-32(22)30-20)11-21(33)18-9-10-27-12-19(18)26/h3-10,12-13H,11H2,1-2H3. The Morgan fingerprint density at radius 2 is 1.82 bits per heavy atom. The van der Waals surface area contributed by atoms with Crippen LogP contribution in [0.15, 0.2) is 61.1 Å². The lowest BCUT2D eigenvalue weighted by Gasteiger charge is -2.07. The van der Waals surface area contributed by atoms with Crippen molar-refractivity contribution in [1.29, 1.82) is 0 Å². The fourth-order valence-electron chi connectivity index (χ4n) is 3.72. The van der Waals surface area contributed by atoms with Crippen molar-refractivity contribution in [2.75, 3.05) is 0 Å². The number of aryl methyl sites for hydroxylation is 1. The Bertz CT molecular complexity index is 1500. The number of halogens is 2. The topological polar surface area (TPSA) is 78.0 Å². The van der Waals surface area contributed by atoms with E-state index in [0.717, 1.165) is 23.3 Å². The number of rotatable bonds is 5. The Morgan fingerprint density at radius 3 is 2.58 bits per heavy atom.